The quantitative estimate of drug-likeness (QED) is 0.679. The molecule has 0 saturated heterocycles. The number of carbonyl (C=O) groups excluding carboxylic acids is 4. The first kappa shape index (κ1) is 17.5. The van der Waals surface area contributed by atoms with Crippen LogP contribution in [0, 0.1) is 6.92 Å². The van der Waals surface area contributed by atoms with E-state index < -0.39 is 23.6 Å². The van der Waals surface area contributed by atoms with Crippen molar-refractivity contribution in [1.29, 1.82) is 0 Å². The zero-order valence-corrected chi connectivity index (χ0v) is 14.7. The molecule has 0 aliphatic carbocycles. The molecule has 132 valence electrons. The fraction of sp³-hybridized carbons (Fsp3) is 0.200. The summed E-state index contributed by atoms with van der Waals surface area (Å²) in [5.74, 6) is -1.79. The molecule has 1 atom stereocenters. The summed E-state index contributed by atoms with van der Waals surface area (Å²) >= 11 is 0. The molecule has 6 heteroatoms. The van der Waals surface area contributed by atoms with E-state index in [9.17, 15) is 19.2 Å². The number of carbonyl (C=O) groups is 4. The minimum atomic E-state index is -0.860. The highest BCUT2D eigenvalue weighted by molar-refractivity contribution is 6.53. The number of hydrogen-bond acceptors (Lipinski definition) is 4. The summed E-state index contributed by atoms with van der Waals surface area (Å²) in [5.41, 5.74) is 2.61. The molecule has 0 aromatic heterocycles. The molecule has 0 saturated carbocycles. The molecule has 0 fully saturated rings. The number of nitrogens with one attached hydrogen (secondary N) is 1. The average molecular weight is 350 g/mol. The fourth-order valence-electron chi connectivity index (χ4n) is 3.01. The van der Waals surface area contributed by atoms with Crippen molar-refractivity contribution in [2.75, 3.05) is 10.2 Å². The number of fused-ring (bicyclic) bond motifs is 1. The minimum Gasteiger partial charge on any atom is -0.324 e. The molecule has 2 amide bonds. The van der Waals surface area contributed by atoms with E-state index in [0.29, 0.717) is 22.5 Å². The van der Waals surface area contributed by atoms with Gasteiger partial charge in [-0.15, -0.1) is 0 Å². The van der Waals surface area contributed by atoms with Gasteiger partial charge in [0.1, 0.15) is 6.04 Å². The molecule has 1 unspecified atom stereocenters. The Kier molecular flexibility index (Phi) is 4.42. The number of para-hydroxylation sites is 1. The van der Waals surface area contributed by atoms with Crippen molar-refractivity contribution in [3.8, 4) is 0 Å². The van der Waals surface area contributed by atoms with Crippen LogP contribution in [0.5, 0.6) is 0 Å². The van der Waals surface area contributed by atoms with Crippen molar-refractivity contribution in [2.45, 2.75) is 26.8 Å². The minimum absolute atomic E-state index is 0.0653. The second-order valence-electron chi connectivity index (χ2n) is 6.27. The molecule has 2 aromatic rings. The van der Waals surface area contributed by atoms with Gasteiger partial charge in [0.15, 0.2) is 5.78 Å². The van der Waals surface area contributed by atoms with Crippen LogP contribution in [-0.2, 0) is 9.59 Å². The molecule has 1 aliphatic heterocycles. The zero-order chi connectivity index (χ0) is 19.0. The average Bonchev–Trinajstić information content (AvgIpc) is 2.87. The molecular formula is C20H18N2O4. The topological polar surface area (TPSA) is 83.6 Å². The van der Waals surface area contributed by atoms with E-state index >= 15 is 0 Å². The standard InChI is InChI=1S/C20H18N2O4/c1-11-5-4-6-16-17(11)22(20(26)18(16)24)12(2)19(25)21-15-9-7-14(8-10-15)13(3)23/h4-10,12H,1-3H3,(H,21,25). The molecule has 1 heterocycles. The first-order valence-electron chi connectivity index (χ1n) is 8.20. The molecule has 0 radical (unpaired) electrons. The van der Waals surface area contributed by atoms with Gasteiger partial charge in [-0.2, -0.15) is 0 Å². The van der Waals surface area contributed by atoms with Gasteiger partial charge in [0.2, 0.25) is 5.91 Å². The van der Waals surface area contributed by atoms with Gasteiger partial charge in [0.05, 0.1) is 11.3 Å². The van der Waals surface area contributed by atoms with Gasteiger partial charge < -0.3 is 5.32 Å². The van der Waals surface area contributed by atoms with Crippen molar-refractivity contribution >= 4 is 34.8 Å². The van der Waals surface area contributed by atoms with E-state index in [1.807, 2.05) is 0 Å². The highest BCUT2D eigenvalue weighted by Crippen LogP contribution is 2.33. The largest absolute Gasteiger partial charge is 0.324 e. The molecule has 6 nitrogen and oxygen atoms in total. The molecular weight excluding hydrogens is 332 g/mol. The van der Waals surface area contributed by atoms with Crippen LogP contribution in [0.4, 0.5) is 11.4 Å². The van der Waals surface area contributed by atoms with E-state index in [4.69, 9.17) is 0 Å². The Bertz CT molecular complexity index is 931. The summed E-state index contributed by atoms with van der Waals surface area (Å²) < 4.78 is 0. The maximum Gasteiger partial charge on any atom is 0.300 e. The predicted molar refractivity (Wildman–Crippen MR) is 97.5 cm³/mol. The highest BCUT2D eigenvalue weighted by atomic mass is 16.2. The van der Waals surface area contributed by atoms with Gasteiger partial charge in [-0.3, -0.25) is 24.1 Å². The van der Waals surface area contributed by atoms with Crippen molar-refractivity contribution < 1.29 is 19.2 Å². The maximum absolute atomic E-state index is 12.6. The van der Waals surface area contributed by atoms with Crippen LogP contribution in [0.25, 0.3) is 0 Å². The van der Waals surface area contributed by atoms with Crippen LogP contribution < -0.4 is 10.2 Å². The normalized spacial score (nSPS) is 14.2. The van der Waals surface area contributed by atoms with Crippen LogP contribution in [0.2, 0.25) is 0 Å². The molecule has 2 aromatic carbocycles. The monoisotopic (exact) mass is 350 g/mol. The van der Waals surface area contributed by atoms with Crippen molar-refractivity contribution in [1.82, 2.24) is 0 Å². The Balaban J connectivity index is 1.84. The molecule has 3 rings (SSSR count). The van der Waals surface area contributed by atoms with Crippen molar-refractivity contribution in [2.24, 2.45) is 0 Å². The summed E-state index contributed by atoms with van der Waals surface area (Å²) in [6.07, 6.45) is 0. The Hall–Kier alpha value is -3.28. The lowest BCUT2D eigenvalue weighted by molar-refractivity contribution is -0.120. The first-order chi connectivity index (χ1) is 12.3. The Morgan fingerprint density at radius 1 is 1.04 bits per heavy atom. The van der Waals surface area contributed by atoms with Crippen molar-refractivity contribution in [3.05, 3.63) is 59.2 Å². The lowest BCUT2D eigenvalue weighted by Gasteiger charge is -2.25. The summed E-state index contributed by atoms with van der Waals surface area (Å²) in [5, 5.41) is 2.71. The summed E-state index contributed by atoms with van der Waals surface area (Å²) in [7, 11) is 0. The SMILES string of the molecule is CC(=O)c1ccc(NC(=O)C(C)N2C(=O)C(=O)c3cccc(C)c32)cc1. The molecule has 1 N–H and O–H groups in total. The summed E-state index contributed by atoms with van der Waals surface area (Å²) in [6, 6.07) is 10.7. The van der Waals surface area contributed by atoms with Crippen LogP contribution in [0.15, 0.2) is 42.5 Å². The third-order valence-electron chi connectivity index (χ3n) is 4.46. The van der Waals surface area contributed by atoms with Crippen molar-refractivity contribution in [3.63, 3.8) is 0 Å². The van der Waals surface area contributed by atoms with E-state index in [2.05, 4.69) is 5.32 Å². The Labute approximate surface area is 150 Å². The zero-order valence-electron chi connectivity index (χ0n) is 14.7. The van der Waals surface area contributed by atoms with Gasteiger partial charge in [-0.1, -0.05) is 12.1 Å². The Morgan fingerprint density at radius 3 is 2.31 bits per heavy atom. The Morgan fingerprint density at radius 2 is 1.69 bits per heavy atom. The number of aryl methyl sites for hydroxylation is 1. The van der Waals surface area contributed by atoms with Crippen LogP contribution in [0.3, 0.4) is 0 Å². The number of nitrogens with zero attached hydrogens (tertiary/aromatic N) is 1. The predicted octanol–water partition coefficient (Wildman–Crippen LogP) is 2.75. The van der Waals surface area contributed by atoms with Crippen LogP contribution >= 0.6 is 0 Å². The number of hydrogen-bond donors (Lipinski definition) is 1. The van der Waals surface area contributed by atoms with E-state index in [1.165, 1.54) is 11.8 Å². The van der Waals surface area contributed by atoms with Crippen LogP contribution in [-0.4, -0.2) is 29.4 Å². The number of benzene rings is 2. The third-order valence-corrected chi connectivity index (χ3v) is 4.46. The molecule has 26 heavy (non-hydrogen) atoms. The smallest absolute Gasteiger partial charge is 0.300 e. The van der Waals surface area contributed by atoms with Gasteiger partial charge >= 0.3 is 0 Å². The van der Waals surface area contributed by atoms with Crippen LogP contribution in [0.1, 0.15) is 40.1 Å². The number of ketones is 2. The van der Waals surface area contributed by atoms with Gasteiger partial charge in [0, 0.05) is 11.3 Å². The van der Waals surface area contributed by atoms with Gasteiger partial charge in [-0.25, -0.2) is 0 Å². The number of rotatable bonds is 4. The second kappa shape index (κ2) is 6.55. The maximum atomic E-state index is 12.6. The van der Waals surface area contributed by atoms with E-state index in [-0.39, 0.29) is 5.78 Å². The summed E-state index contributed by atoms with van der Waals surface area (Å²) in [6.45, 7) is 4.83. The molecule has 0 spiro atoms. The number of amides is 2. The number of anilines is 2. The lowest BCUT2D eigenvalue weighted by atomic mass is 10.1. The third kappa shape index (κ3) is 2.90. The lowest BCUT2D eigenvalue weighted by Crippen LogP contribution is -2.45. The molecule has 0 bridgehead atoms. The molecule has 1 aliphatic rings. The van der Waals surface area contributed by atoms with E-state index in [0.717, 1.165) is 5.56 Å². The highest BCUT2D eigenvalue weighted by Gasteiger charge is 2.41. The van der Waals surface area contributed by atoms with Gasteiger partial charge in [-0.05, 0) is 56.7 Å². The van der Waals surface area contributed by atoms with Gasteiger partial charge in [0.25, 0.3) is 11.7 Å². The fourth-order valence-corrected chi connectivity index (χ4v) is 3.01. The first-order valence-corrected chi connectivity index (χ1v) is 8.20. The summed E-state index contributed by atoms with van der Waals surface area (Å²) in [4.78, 5) is 49.7. The second-order valence-corrected chi connectivity index (χ2v) is 6.27. The number of Topliss-reactive ketones (excluding diaryl/α,β-unsaturated/α-hetero) is 2. The van der Waals surface area contributed by atoms with E-state index in [1.54, 1.807) is 56.3 Å².